The molecule has 0 aromatic carbocycles. The van der Waals surface area contributed by atoms with Crippen LogP contribution in [0.4, 0.5) is 0 Å². The maximum atomic E-state index is 11.1. The minimum atomic E-state index is -0.612. The first-order chi connectivity index (χ1) is 7.16. The molecule has 0 aliphatic heterocycles. The van der Waals surface area contributed by atoms with Crippen LogP contribution in [-0.2, 0) is 9.53 Å². The van der Waals surface area contributed by atoms with Crippen molar-refractivity contribution in [1.29, 1.82) is 0 Å². The molecular weight excluding hydrogens is 235 g/mol. The molecule has 0 unspecified atom stereocenters. The zero-order chi connectivity index (χ0) is 11.5. The van der Waals surface area contributed by atoms with E-state index in [1.165, 1.54) is 25.7 Å². The van der Waals surface area contributed by atoms with Crippen molar-refractivity contribution < 1.29 is 9.53 Å². The van der Waals surface area contributed by atoms with Gasteiger partial charge in [0.25, 0.3) is 0 Å². The number of alkyl halides is 2. The molecule has 15 heavy (non-hydrogen) atoms. The number of ether oxygens (including phenoxy) is 1. The average molecular weight is 255 g/mol. The van der Waals surface area contributed by atoms with Crippen molar-refractivity contribution in [2.45, 2.75) is 56.7 Å². The summed E-state index contributed by atoms with van der Waals surface area (Å²) >= 11 is 10.9. The fourth-order valence-corrected chi connectivity index (χ4v) is 1.40. The number of carbonyl (C=O) groups excluding carboxylic acids is 1. The Labute approximate surface area is 102 Å². The van der Waals surface area contributed by atoms with E-state index in [9.17, 15) is 4.79 Å². The summed E-state index contributed by atoms with van der Waals surface area (Å²) in [6, 6.07) is 0. The Hall–Kier alpha value is 0.0500. The number of hydrogen-bond donors (Lipinski definition) is 0. The van der Waals surface area contributed by atoms with Gasteiger partial charge in [0.2, 0.25) is 0 Å². The normalized spacial score (nSPS) is 10.7. The summed E-state index contributed by atoms with van der Waals surface area (Å²) < 4.78 is 4.83. The van der Waals surface area contributed by atoms with Crippen LogP contribution in [0.15, 0.2) is 0 Å². The monoisotopic (exact) mass is 254 g/mol. The lowest BCUT2D eigenvalue weighted by Crippen LogP contribution is -2.09. The van der Waals surface area contributed by atoms with Gasteiger partial charge in [0.15, 0.2) is 0 Å². The Morgan fingerprint density at radius 1 is 1.13 bits per heavy atom. The summed E-state index contributed by atoms with van der Waals surface area (Å²) in [4.78, 5) is 10.5. The Kier molecular flexibility index (Phi) is 10.6. The van der Waals surface area contributed by atoms with Crippen LogP contribution in [0.2, 0.25) is 0 Å². The number of carbonyl (C=O) groups is 1. The number of esters is 1. The highest BCUT2D eigenvalue weighted by molar-refractivity contribution is 6.44. The molecule has 0 saturated carbocycles. The molecule has 0 fully saturated rings. The molecular formula is C11H20Cl2O2. The van der Waals surface area contributed by atoms with Gasteiger partial charge < -0.3 is 4.74 Å². The second-order valence-electron chi connectivity index (χ2n) is 3.59. The minimum absolute atomic E-state index is 0.0950. The fourth-order valence-electron chi connectivity index (χ4n) is 1.28. The molecule has 0 atom stereocenters. The minimum Gasteiger partial charge on any atom is -0.463 e. The van der Waals surface area contributed by atoms with Gasteiger partial charge in [-0.1, -0.05) is 39.0 Å². The quantitative estimate of drug-likeness (QED) is 0.352. The molecule has 4 heteroatoms. The van der Waals surface area contributed by atoms with Crippen molar-refractivity contribution in [3.8, 4) is 0 Å². The van der Waals surface area contributed by atoms with E-state index in [0.717, 1.165) is 12.8 Å². The lowest BCUT2D eigenvalue weighted by Gasteiger charge is -2.04. The Morgan fingerprint density at radius 2 is 1.73 bits per heavy atom. The SMILES string of the molecule is CCCCCCCCC(=O)OCC(Cl)Cl. The number of unbranched alkanes of at least 4 members (excludes halogenated alkanes) is 5. The van der Waals surface area contributed by atoms with E-state index in [2.05, 4.69) is 6.92 Å². The van der Waals surface area contributed by atoms with Gasteiger partial charge in [-0.2, -0.15) is 0 Å². The molecule has 0 rings (SSSR count). The van der Waals surface area contributed by atoms with Crippen LogP contribution in [0, 0.1) is 0 Å². The highest BCUT2D eigenvalue weighted by Gasteiger charge is 2.05. The molecule has 0 saturated heterocycles. The van der Waals surface area contributed by atoms with E-state index in [1.807, 2.05) is 0 Å². The van der Waals surface area contributed by atoms with Crippen LogP contribution < -0.4 is 0 Å². The van der Waals surface area contributed by atoms with Crippen molar-refractivity contribution in [3.05, 3.63) is 0 Å². The maximum Gasteiger partial charge on any atom is 0.305 e. The van der Waals surface area contributed by atoms with Gasteiger partial charge in [0.1, 0.15) is 11.4 Å². The van der Waals surface area contributed by atoms with Gasteiger partial charge in [-0.15, -0.1) is 23.2 Å². The van der Waals surface area contributed by atoms with Crippen LogP contribution >= 0.6 is 23.2 Å². The standard InChI is InChI=1S/C11H20Cl2O2/c1-2-3-4-5-6-7-8-11(14)15-9-10(12)13/h10H,2-9H2,1H3. The Morgan fingerprint density at radius 3 is 2.33 bits per heavy atom. The van der Waals surface area contributed by atoms with E-state index in [-0.39, 0.29) is 12.6 Å². The molecule has 2 nitrogen and oxygen atoms in total. The molecule has 0 aromatic rings. The van der Waals surface area contributed by atoms with Crippen molar-refractivity contribution in [3.63, 3.8) is 0 Å². The van der Waals surface area contributed by atoms with Crippen LogP contribution in [0.3, 0.4) is 0 Å². The first kappa shape index (κ1) is 15.0. The van der Waals surface area contributed by atoms with Gasteiger partial charge in [-0.05, 0) is 6.42 Å². The van der Waals surface area contributed by atoms with Crippen LogP contribution in [0.25, 0.3) is 0 Å². The third-order valence-electron chi connectivity index (χ3n) is 2.10. The van der Waals surface area contributed by atoms with Gasteiger partial charge in [0.05, 0.1) is 0 Å². The third kappa shape index (κ3) is 12.0. The summed E-state index contributed by atoms with van der Waals surface area (Å²) in [5.41, 5.74) is 0. The lowest BCUT2D eigenvalue weighted by atomic mass is 10.1. The zero-order valence-electron chi connectivity index (χ0n) is 9.31. The van der Waals surface area contributed by atoms with Gasteiger partial charge >= 0.3 is 5.97 Å². The molecule has 0 aliphatic carbocycles. The van der Waals surface area contributed by atoms with Crippen molar-refractivity contribution in [1.82, 2.24) is 0 Å². The second-order valence-corrected chi connectivity index (χ2v) is 4.87. The first-order valence-electron chi connectivity index (χ1n) is 5.60. The van der Waals surface area contributed by atoms with Crippen molar-refractivity contribution in [2.24, 2.45) is 0 Å². The highest BCUT2D eigenvalue weighted by Crippen LogP contribution is 2.08. The summed E-state index contributed by atoms with van der Waals surface area (Å²) in [7, 11) is 0. The number of hydrogen-bond acceptors (Lipinski definition) is 2. The summed E-state index contributed by atoms with van der Waals surface area (Å²) in [6.45, 7) is 2.28. The highest BCUT2D eigenvalue weighted by atomic mass is 35.5. The largest absolute Gasteiger partial charge is 0.463 e. The third-order valence-corrected chi connectivity index (χ3v) is 2.36. The molecule has 0 amide bonds. The Bertz CT molecular complexity index is 161. The summed E-state index contributed by atoms with van der Waals surface area (Å²) in [5.74, 6) is -0.197. The number of halogens is 2. The second kappa shape index (κ2) is 10.6. The first-order valence-corrected chi connectivity index (χ1v) is 6.48. The maximum absolute atomic E-state index is 11.1. The van der Waals surface area contributed by atoms with Gasteiger partial charge in [0, 0.05) is 6.42 Å². The van der Waals surface area contributed by atoms with Gasteiger partial charge in [-0.25, -0.2) is 0 Å². The van der Waals surface area contributed by atoms with E-state index in [1.54, 1.807) is 0 Å². The van der Waals surface area contributed by atoms with Crippen LogP contribution in [0.1, 0.15) is 51.9 Å². The smallest absolute Gasteiger partial charge is 0.305 e. The molecule has 0 radical (unpaired) electrons. The molecule has 0 bridgehead atoms. The fraction of sp³-hybridized carbons (Fsp3) is 0.909. The zero-order valence-corrected chi connectivity index (χ0v) is 10.8. The molecule has 0 spiro atoms. The predicted molar refractivity (Wildman–Crippen MR) is 64.4 cm³/mol. The number of rotatable bonds is 9. The molecule has 0 heterocycles. The Balaban J connectivity index is 3.17. The van der Waals surface area contributed by atoms with E-state index in [4.69, 9.17) is 27.9 Å². The topological polar surface area (TPSA) is 26.3 Å². The van der Waals surface area contributed by atoms with Crippen molar-refractivity contribution >= 4 is 29.2 Å². The van der Waals surface area contributed by atoms with Crippen molar-refractivity contribution in [2.75, 3.05) is 6.61 Å². The molecule has 0 N–H and O–H groups in total. The predicted octanol–water partition coefficient (Wildman–Crippen LogP) is 4.08. The summed E-state index contributed by atoms with van der Waals surface area (Å²) in [6.07, 6.45) is 7.47. The van der Waals surface area contributed by atoms with Crippen LogP contribution in [-0.4, -0.2) is 17.4 Å². The van der Waals surface area contributed by atoms with E-state index < -0.39 is 4.84 Å². The molecule has 90 valence electrons. The molecule has 0 aliphatic rings. The van der Waals surface area contributed by atoms with Crippen LogP contribution in [0.5, 0.6) is 0 Å². The molecule has 0 aromatic heterocycles. The van der Waals surface area contributed by atoms with E-state index in [0.29, 0.717) is 6.42 Å². The lowest BCUT2D eigenvalue weighted by molar-refractivity contribution is -0.143. The van der Waals surface area contributed by atoms with E-state index >= 15 is 0 Å². The average Bonchev–Trinajstić information content (AvgIpc) is 2.20. The summed E-state index contributed by atoms with van der Waals surface area (Å²) in [5, 5.41) is 0. The van der Waals surface area contributed by atoms with Gasteiger partial charge in [-0.3, -0.25) is 4.79 Å².